The predicted octanol–water partition coefficient (Wildman–Crippen LogP) is 0.794. The molecule has 2 aromatic carbocycles. The van der Waals surface area contributed by atoms with Crippen LogP contribution < -0.4 is 20.9 Å². The summed E-state index contributed by atoms with van der Waals surface area (Å²) < 4.78 is 3.06. The van der Waals surface area contributed by atoms with Crippen molar-refractivity contribution in [2.45, 2.75) is 13.0 Å². The third-order valence-corrected chi connectivity index (χ3v) is 5.57. The Morgan fingerprint density at radius 3 is 1.97 bits per heavy atom. The van der Waals surface area contributed by atoms with E-state index in [9.17, 15) is 9.59 Å². The van der Waals surface area contributed by atoms with E-state index in [-0.39, 0.29) is 11.1 Å². The van der Waals surface area contributed by atoms with E-state index < -0.39 is 0 Å². The van der Waals surface area contributed by atoms with Crippen LogP contribution in [-0.4, -0.2) is 42.1 Å². The van der Waals surface area contributed by atoms with E-state index in [2.05, 4.69) is 29.2 Å². The van der Waals surface area contributed by atoms with Gasteiger partial charge < -0.3 is 9.80 Å². The Morgan fingerprint density at radius 2 is 1.31 bits per heavy atom. The molecule has 3 aromatic rings. The second-order valence-electron chi connectivity index (χ2n) is 7.46. The third kappa shape index (κ3) is 4.49. The van der Waals surface area contributed by atoms with Crippen molar-refractivity contribution in [2.24, 2.45) is 0 Å². The maximum absolute atomic E-state index is 12.4. The van der Waals surface area contributed by atoms with Crippen LogP contribution in [0, 0.1) is 0 Å². The Bertz CT molecular complexity index is 1040. The van der Waals surface area contributed by atoms with Gasteiger partial charge >= 0.3 is 0 Å². The molecule has 1 N–H and O–H groups in total. The summed E-state index contributed by atoms with van der Waals surface area (Å²) in [5.41, 5.74) is 1.69. The van der Waals surface area contributed by atoms with Crippen LogP contribution in [0.1, 0.15) is 6.42 Å². The molecule has 1 saturated heterocycles. The molecule has 0 aliphatic carbocycles. The van der Waals surface area contributed by atoms with Crippen LogP contribution in [0.2, 0.25) is 0 Å². The average molecular weight is 391 g/mol. The van der Waals surface area contributed by atoms with Crippen LogP contribution in [0.25, 0.3) is 5.69 Å². The van der Waals surface area contributed by atoms with Crippen molar-refractivity contribution >= 4 is 5.69 Å². The lowest BCUT2D eigenvalue weighted by Gasteiger charge is -2.33. The summed E-state index contributed by atoms with van der Waals surface area (Å²) in [6.45, 7) is 5.79. The van der Waals surface area contributed by atoms with Gasteiger partial charge in [0.15, 0.2) is 0 Å². The van der Waals surface area contributed by atoms with Gasteiger partial charge in [0.1, 0.15) is 0 Å². The molecular formula is C23H27N4O2+. The average Bonchev–Trinajstić information content (AvgIpc) is 2.78. The number of para-hydroxylation sites is 2. The zero-order valence-corrected chi connectivity index (χ0v) is 16.5. The lowest BCUT2D eigenvalue weighted by Crippen LogP contribution is -3.14. The maximum Gasteiger partial charge on any atom is 0.270 e. The summed E-state index contributed by atoms with van der Waals surface area (Å²) in [6.07, 6.45) is 0.858. The van der Waals surface area contributed by atoms with Crippen molar-refractivity contribution in [3.63, 3.8) is 0 Å². The largest absolute Gasteiger partial charge is 0.360 e. The number of benzene rings is 2. The van der Waals surface area contributed by atoms with Crippen molar-refractivity contribution in [3.05, 3.63) is 93.5 Å². The van der Waals surface area contributed by atoms with Crippen LogP contribution in [0.3, 0.4) is 0 Å². The van der Waals surface area contributed by atoms with Gasteiger partial charge in [0.25, 0.3) is 11.1 Å². The van der Waals surface area contributed by atoms with Gasteiger partial charge in [-0.1, -0.05) is 36.4 Å². The Labute approximate surface area is 170 Å². The Kier molecular flexibility index (Phi) is 5.91. The highest BCUT2D eigenvalue weighted by molar-refractivity contribution is 5.46. The smallest absolute Gasteiger partial charge is 0.270 e. The number of hydrogen-bond acceptors (Lipinski definition) is 3. The molecule has 1 aromatic heterocycles. The molecule has 1 aliphatic heterocycles. The third-order valence-electron chi connectivity index (χ3n) is 5.57. The van der Waals surface area contributed by atoms with E-state index in [0.29, 0.717) is 6.54 Å². The van der Waals surface area contributed by atoms with Crippen molar-refractivity contribution < 1.29 is 4.90 Å². The summed E-state index contributed by atoms with van der Waals surface area (Å²) in [5, 5.41) is 0. The molecule has 1 aliphatic rings. The molecule has 1 fully saturated rings. The normalized spacial score (nSPS) is 14.8. The molecule has 0 saturated carbocycles. The number of aromatic nitrogens is 2. The molecule has 0 amide bonds. The minimum atomic E-state index is -0.181. The maximum atomic E-state index is 12.4. The van der Waals surface area contributed by atoms with Gasteiger partial charge in [0, 0.05) is 30.8 Å². The lowest BCUT2D eigenvalue weighted by molar-refractivity contribution is -0.900. The van der Waals surface area contributed by atoms with E-state index in [1.165, 1.54) is 22.5 Å². The van der Waals surface area contributed by atoms with E-state index in [0.717, 1.165) is 44.8 Å². The first kappa shape index (κ1) is 19.2. The molecule has 0 bridgehead atoms. The van der Waals surface area contributed by atoms with Crippen LogP contribution in [0.15, 0.2) is 82.4 Å². The summed E-state index contributed by atoms with van der Waals surface area (Å²) >= 11 is 0. The quantitative estimate of drug-likeness (QED) is 0.676. The summed E-state index contributed by atoms with van der Waals surface area (Å²) in [5.74, 6) is 0. The molecule has 4 rings (SSSR count). The van der Waals surface area contributed by atoms with Crippen molar-refractivity contribution in [2.75, 3.05) is 37.6 Å². The predicted molar refractivity (Wildman–Crippen MR) is 115 cm³/mol. The van der Waals surface area contributed by atoms with Crippen LogP contribution in [0.5, 0.6) is 0 Å². The second-order valence-corrected chi connectivity index (χ2v) is 7.46. The second kappa shape index (κ2) is 8.92. The number of anilines is 1. The van der Waals surface area contributed by atoms with E-state index in [1.54, 1.807) is 9.58 Å². The van der Waals surface area contributed by atoms with Crippen molar-refractivity contribution in [1.82, 2.24) is 9.36 Å². The standard InChI is InChI=1S/C23H26N4O2/c28-22-12-13-23(29)27(21-10-5-2-6-11-21)26(22)15-7-14-24-16-18-25(19-17-24)20-8-3-1-4-9-20/h1-6,8-13H,7,14-19H2/p+1. The lowest BCUT2D eigenvalue weighted by atomic mass is 10.2. The highest BCUT2D eigenvalue weighted by atomic mass is 16.2. The molecule has 0 unspecified atom stereocenters. The fourth-order valence-electron chi connectivity index (χ4n) is 4.01. The minimum Gasteiger partial charge on any atom is -0.360 e. The van der Waals surface area contributed by atoms with Gasteiger partial charge in [0.05, 0.1) is 38.4 Å². The van der Waals surface area contributed by atoms with Gasteiger partial charge in [-0.3, -0.25) is 9.59 Å². The first-order chi connectivity index (χ1) is 14.2. The number of nitrogens with zero attached hydrogens (tertiary/aromatic N) is 3. The van der Waals surface area contributed by atoms with Crippen LogP contribution in [-0.2, 0) is 6.54 Å². The monoisotopic (exact) mass is 391 g/mol. The SMILES string of the molecule is O=c1ccc(=O)n(-c2ccccc2)n1CCC[NH+]1CCN(c2ccccc2)CC1. The first-order valence-corrected chi connectivity index (χ1v) is 10.2. The fraction of sp³-hybridized carbons (Fsp3) is 0.304. The molecule has 6 heteroatoms. The number of piperazine rings is 1. The molecular weight excluding hydrogens is 364 g/mol. The molecule has 2 heterocycles. The molecule has 0 spiro atoms. The number of hydrogen-bond donors (Lipinski definition) is 1. The van der Waals surface area contributed by atoms with Crippen molar-refractivity contribution in [1.29, 1.82) is 0 Å². The number of rotatable bonds is 6. The highest BCUT2D eigenvalue weighted by Crippen LogP contribution is 2.12. The van der Waals surface area contributed by atoms with Gasteiger partial charge in [-0.05, 0) is 24.3 Å². The van der Waals surface area contributed by atoms with Crippen molar-refractivity contribution in [3.8, 4) is 5.69 Å². The molecule has 0 radical (unpaired) electrons. The minimum absolute atomic E-state index is 0.141. The molecule has 150 valence electrons. The molecule has 6 nitrogen and oxygen atoms in total. The van der Waals surface area contributed by atoms with Crippen LogP contribution in [0.4, 0.5) is 5.69 Å². The summed E-state index contributed by atoms with van der Waals surface area (Å²) in [7, 11) is 0. The number of quaternary nitrogens is 1. The highest BCUT2D eigenvalue weighted by Gasteiger charge is 2.19. The Hall–Kier alpha value is -3.12. The first-order valence-electron chi connectivity index (χ1n) is 10.2. The van der Waals surface area contributed by atoms with Crippen LogP contribution >= 0.6 is 0 Å². The van der Waals surface area contributed by atoms with E-state index in [4.69, 9.17) is 0 Å². The summed E-state index contributed by atoms with van der Waals surface area (Å²) in [4.78, 5) is 28.8. The topological polar surface area (TPSA) is 51.7 Å². The molecule has 29 heavy (non-hydrogen) atoms. The van der Waals surface area contributed by atoms with Gasteiger partial charge in [-0.25, -0.2) is 9.36 Å². The Morgan fingerprint density at radius 1 is 0.724 bits per heavy atom. The summed E-state index contributed by atoms with van der Waals surface area (Å²) in [6, 6.07) is 22.6. The fourth-order valence-corrected chi connectivity index (χ4v) is 4.01. The Balaban J connectivity index is 1.38. The van der Waals surface area contributed by atoms with Gasteiger partial charge in [-0.15, -0.1) is 0 Å². The van der Waals surface area contributed by atoms with E-state index >= 15 is 0 Å². The molecule has 0 atom stereocenters. The van der Waals surface area contributed by atoms with Gasteiger partial charge in [0.2, 0.25) is 0 Å². The van der Waals surface area contributed by atoms with Gasteiger partial charge in [-0.2, -0.15) is 0 Å². The zero-order chi connectivity index (χ0) is 20.1. The van der Waals surface area contributed by atoms with E-state index in [1.807, 2.05) is 36.4 Å². The zero-order valence-electron chi connectivity index (χ0n) is 16.5. The number of nitrogens with one attached hydrogen (secondary N) is 1.